The Kier molecular flexibility index (Phi) is 5.37. The van der Waals surface area contributed by atoms with Crippen LogP contribution in [0.4, 0.5) is 5.69 Å². The Bertz CT molecular complexity index is 935. The molecule has 6 nitrogen and oxygen atoms in total. The van der Waals surface area contributed by atoms with Crippen molar-refractivity contribution in [2.24, 2.45) is 0 Å². The Balaban J connectivity index is 1.79. The molecular formula is C20H18ClNO5. The Morgan fingerprint density at radius 2 is 2.07 bits per heavy atom. The van der Waals surface area contributed by atoms with Crippen molar-refractivity contribution in [2.75, 3.05) is 12.4 Å². The second kappa shape index (κ2) is 7.72. The molecule has 140 valence electrons. The van der Waals surface area contributed by atoms with E-state index in [1.54, 1.807) is 37.3 Å². The highest BCUT2D eigenvalue weighted by Gasteiger charge is 2.31. The van der Waals surface area contributed by atoms with E-state index < -0.39 is 5.97 Å². The predicted octanol–water partition coefficient (Wildman–Crippen LogP) is 3.77. The van der Waals surface area contributed by atoms with E-state index in [0.717, 1.165) is 5.56 Å². The molecule has 1 aliphatic heterocycles. The molecule has 0 spiro atoms. The molecule has 1 amide bonds. The zero-order valence-electron chi connectivity index (χ0n) is 14.8. The summed E-state index contributed by atoms with van der Waals surface area (Å²) >= 11 is 5.81. The average Bonchev–Trinajstić information content (AvgIpc) is 3.03. The molecule has 1 aliphatic rings. The number of allylic oxidation sites excluding steroid dienone is 1. The number of benzene rings is 2. The molecule has 2 N–H and O–H groups in total. The van der Waals surface area contributed by atoms with Gasteiger partial charge < -0.3 is 19.9 Å². The molecule has 0 atom stereocenters. The average molecular weight is 388 g/mol. The number of rotatable bonds is 5. The van der Waals surface area contributed by atoms with Gasteiger partial charge in [-0.2, -0.15) is 0 Å². The fourth-order valence-corrected chi connectivity index (χ4v) is 3.16. The van der Waals surface area contributed by atoms with Gasteiger partial charge in [0.2, 0.25) is 5.91 Å². The van der Waals surface area contributed by atoms with Crippen LogP contribution >= 0.6 is 11.6 Å². The van der Waals surface area contributed by atoms with Gasteiger partial charge in [-0.15, -0.1) is 0 Å². The zero-order valence-corrected chi connectivity index (χ0v) is 15.6. The van der Waals surface area contributed by atoms with Crippen molar-refractivity contribution in [3.63, 3.8) is 0 Å². The van der Waals surface area contributed by atoms with Crippen LogP contribution in [0.15, 0.2) is 36.4 Å². The van der Waals surface area contributed by atoms with E-state index in [1.165, 1.54) is 13.2 Å². The summed E-state index contributed by atoms with van der Waals surface area (Å²) in [6, 6.07) is 6.74. The quantitative estimate of drug-likeness (QED) is 0.602. The summed E-state index contributed by atoms with van der Waals surface area (Å²) in [4.78, 5) is 23.9. The van der Waals surface area contributed by atoms with Gasteiger partial charge in [-0.1, -0.05) is 17.7 Å². The first-order chi connectivity index (χ1) is 12.9. The number of amides is 1. The first kappa shape index (κ1) is 18.8. The van der Waals surface area contributed by atoms with Gasteiger partial charge in [0, 0.05) is 21.8 Å². The van der Waals surface area contributed by atoms with E-state index in [4.69, 9.17) is 21.1 Å². The monoisotopic (exact) mass is 387 g/mol. The predicted molar refractivity (Wildman–Crippen MR) is 101 cm³/mol. The molecular weight excluding hydrogens is 370 g/mol. The molecule has 2 aromatic carbocycles. The number of methoxy groups -OCH3 is 1. The first-order valence-electron chi connectivity index (χ1n) is 8.23. The number of hydrogen-bond acceptors (Lipinski definition) is 5. The number of phenolic OH excluding ortho intramolecular Hbond substituents is 1. The van der Waals surface area contributed by atoms with Crippen molar-refractivity contribution in [2.45, 2.75) is 20.0 Å². The Morgan fingerprint density at radius 1 is 1.37 bits per heavy atom. The Hall–Kier alpha value is -2.99. The minimum absolute atomic E-state index is 0.115. The van der Waals surface area contributed by atoms with Crippen molar-refractivity contribution in [1.29, 1.82) is 0 Å². The molecule has 2 aromatic rings. The molecule has 0 radical (unpaired) electrons. The van der Waals surface area contributed by atoms with Crippen LogP contribution in [0.5, 0.6) is 11.5 Å². The molecule has 0 unspecified atom stereocenters. The number of fused-ring (bicyclic) bond motifs is 1. The van der Waals surface area contributed by atoms with Crippen molar-refractivity contribution in [1.82, 2.24) is 0 Å². The van der Waals surface area contributed by atoms with Crippen LogP contribution in [0.2, 0.25) is 5.02 Å². The van der Waals surface area contributed by atoms with Gasteiger partial charge in [0.25, 0.3) is 0 Å². The number of ether oxygens (including phenoxy) is 2. The molecule has 0 aliphatic carbocycles. The van der Waals surface area contributed by atoms with E-state index in [9.17, 15) is 14.7 Å². The van der Waals surface area contributed by atoms with E-state index >= 15 is 0 Å². The number of carbonyl (C=O) groups excluding carboxylic acids is 2. The molecule has 1 heterocycles. The lowest BCUT2D eigenvalue weighted by Gasteiger charge is -2.15. The van der Waals surface area contributed by atoms with E-state index in [0.29, 0.717) is 27.6 Å². The van der Waals surface area contributed by atoms with Crippen LogP contribution in [-0.2, 0) is 22.6 Å². The Labute approximate surface area is 161 Å². The summed E-state index contributed by atoms with van der Waals surface area (Å²) in [5.74, 6) is -0.572. The molecule has 0 saturated carbocycles. The third-order valence-electron chi connectivity index (χ3n) is 4.35. The maximum absolute atomic E-state index is 12.0. The van der Waals surface area contributed by atoms with Crippen LogP contribution in [-0.4, -0.2) is 24.1 Å². The van der Waals surface area contributed by atoms with Gasteiger partial charge in [0.05, 0.1) is 7.11 Å². The number of halogens is 1. The van der Waals surface area contributed by atoms with Crippen LogP contribution in [0.25, 0.3) is 0 Å². The van der Waals surface area contributed by atoms with Crippen molar-refractivity contribution in [3.05, 3.63) is 63.7 Å². The molecule has 3 rings (SSSR count). The summed E-state index contributed by atoms with van der Waals surface area (Å²) in [5, 5.41) is 13.8. The molecule has 0 fully saturated rings. The Morgan fingerprint density at radius 3 is 2.74 bits per heavy atom. The molecule has 7 heteroatoms. The second-order valence-electron chi connectivity index (χ2n) is 6.02. The van der Waals surface area contributed by atoms with Crippen LogP contribution in [0.3, 0.4) is 0 Å². The van der Waals surface area contributed by atoms with Crippen LogP contribution < -0.4 is 10.1 Å². The van der Waals surface area contributed by atoms with Crippen molar-refractivity contribution in [3.8, 4) is 11.5 Å². The summed E-state index contributed by atoms with van der Waals surface area (Å²) in [5.41, 5.74) is 2.59. The molecule has 0 bridgehead atoms. The normalized spacial score (nSPS) is 12.8. The number of esters is 1. The number of nitrogens with one attached hydrogen (secondary N) is 1. The van der Waals surface area contributed by atoms with Gasteiger partial charge in [-0.25, -0.2) is 4.79 Å². The second-order valence-corrected chi connectivity index (χ2v) is 6.45. The summed E-state index contributed by atoms with van der Waals surface area (Å²) < 4.78 is 10.4. The number of aromatic hydroxyl groups is 1. The number of carbonyl (C=O) groups is 2. The van der Waals surface area contributed by atoms with Crippen LogP contribution in [0, 0.1) is 6.92 Å². The maximum Gasteiger partial charge on any atom is 0.342 e. The lowest BCUT2D eigenvalue weighted by atomic mass is 9.95. The van der Waals surface area contributed by atoms with E-state index in [2.05, 4.69) is 5.32 Å². The van der Waals surface area contributed by atoms with Gasteiger partial charge in [0.1, 0.15) is 23.7 Å². The van der Waals surface area contributed by atoms with Gasteiger partial charge in [-0.3, -0.25) is 4.79 Å². The number of anilines is 1. The lowest BCUT2D eigenvalue weighted by molar-refractivity contribution is -0.111. The molecule has 27 heavy (non-hydrogen) atoms. The topological polar surface area (TPSA) is 84.9 Å². The van der Waals surface area contributed by atoms with Crippen molar-refractivity contribution < 1.29 is 24.2 Å². The summed E-state index contributed by atoms with van der Waals surface area (Å²) in [6.45, 7) is 1.92. The van der Waals surface area contributed by atoms with E-state index in [-0.39, 0.29) is 30.2 Å². The van der Waals surface area contributed by atoms with Gasteiger partial charge in [0.15, 0.2) is 0 Å². The SMILES string of the molecule is COc1c(C)c2c(c(O)c1C/C=C/C(=O)Nc1ccc(Cl)cc1)C(=O)OC2. The fraction of sp³-hybridized carbons (Fsp3) is 0.200. The summed E-state index contributed by atoms with van der Waals surface area (Å²) in [7, 11) is 1.49. The zero-order chi connectivity index (χ0) is 19.6. The highest BCUT2D eigenvalue weighted by atomic mass is 35.5. The van der Waals surface area contributed by atoms with E-state index in [1.807, 2.05) is 0 Å². The largest absolute Gasteiger partial charge is 0.507 e. The minimum atomic E-state index is -0.557. The van der Waals surface area contributed by atoms with Gasteiger partial charge >= 0.3 is 5.97 Å². The molecule has 0 saturated heterocycles. The van der Waals surface area contributed by atoms with Crippen LogP contribution in [0.1, 0.15) is 27.0 Å². The minimum Gasteiger partial charge on any atom is -0.507 e. The highest BCUT2D eigenvalue weighted by Crippen LogP contribution is 2.41. The summed E-state index contributed by atoms with van der Waals surface area (Å²) in [6.07, 6.45) is 3.16. The third kappa shape index (κ3) is 3.75. The fourth-order valence-electron chi connectivity index (χ4n) is 3.03. The number of cyclic esters (lactones) is 1. The molecule has 0 aromatic heterocycles. The number of phenols is 1. The standard InChI is InChI=1S/C20H18ClNO5/c1-11-15-10-27-20(25)17(15)18(24)14(19(11)26-2)4-3-5-16(23)22-13-8-6-12(21)7-9-13/h3,5-9,24H,4,10H2,1-2H3,(H,22,23)/b5-3+. The smallest absolute Gasteiger partial charge is 0.342 e. The highest BCUT2D eigenvalue weighted by molar-refractivity contribution is 6.30. The number of hydrogen-bond donors (Lipinski definition) is 2. The first-order valence-corrected chi connectivity index (χ1v) is 8.61. The maximum atomic E-state index is 12.0. The lowest BCUT2D eigenvalue weighted by Crippen LogP contribution is -2.08. The van der Waals surface area contributed by atoms with Gasteiger partial charge in [-0.05, 0) is 49.2 Å². The van der Waals surface area contributed by atoms with Crippen molar-refractivity contribution >= 4 is 29.2 Å². The third-order valence-corrected chi connectivity index (χ3v) is 4.60.